The first kappa shape index (κ1) is 23.9. The molecular formula is C21H46N2O. The molecule has 0 bridgehead atoms. The van der Waals surface area contributed by atoms with Crippen LogP contribution in [0.4, 0.5) is 0 Å². The molecule has 3 nitrogen and oxygen atoms in total. The molecule has 0 heterocycles. The highest BCUT2D eigenvalue weighted by Gasteiger charge is 1.96. The summed E-state index contributed by atoms with van der Waals surface area (Å²) in [6.45, 7) is 4.18. The molecule has 0 fully saturated rings. The lowest BCUT2D eigenvalue weighted by Gasteiger charge is -2.06. The number of aliphatic hydroxyl groups excluding tert-OH is 1. The van der Waals surface area contributed by atoms with Crippen LogP contribution in [-0.2, 0) is 0 Å². The van der Waals surface area contributed by atoms with Crippen LogP contribution in [0.1, 0.15) is 116 Å². The average molecular weight is 343 g/mol. The highest BCUT2D eigenvalue weighted by molar-refractivity contribution is 4.53. The molecule has 0 aromatic rings. The molecule has 1 atom stereocenters. The fourth-order valence-corrected chi connectivity index (χ4v) is 3.17. The Morgan fingerprint density at radius 2 is 1.00 bits per heavy atom. The van der Waals surface area contributed by atoms with Gasteiger partial charge >= 0.3 is 0 Å². The topological polar surface area (TPSA) is 58.3 Å². The van der Waals surface area contributed by atoms with Gasteiger partial charge in [-0.3, -0.25) is 0 Å². The van der Waals surface area contributed by atoms with Crippen LogP contribution in [0.3, 0.4) is 0 Å². The zero-order chi connectivity index (χ0) is 17.7. The van der Waals surface area contributed by atoms with Crippen LogP contribution >= 0.6 is 0 Å². The number of aliphatic hydroxyl groups is 1. The van der Waals surface area contributed by atoms with Gasteiger partial charge in [-0.1, -0.05) is 103 Å². The maximum atomic E-state index is 8.93. The minimum absolute atomic E-state index is 0.652. The molecule has 0 aromatic carbocycles. The first-order valence-electron chi connectivity index (χ1n) is 10.9. The van der Waals surface area contributed by atoms with Crippen molar-refractivity contribution in [1.82, 2.24) is 5.32 Å². The van der Waals surface area contributed by atoms with Gasteiger partial charge in [-0.05, 0) is 25.9 Å². The van der Waals surface area contributed by atoms with Gasteiger partial charge < -0.3 is 16.2 Å². The maximum absolute atomic E-state index is 8.93. The van der Waals surface area contributed by atoms with Crippen molar-refractivity contribution >= 4 is 0 Å². The summed E-state index contributed by atoms with van der Waals surface area (Å²) in [5.41, 5.74) is 5.28. The molecule has 24 heavy (non-hydrogen) atoms. The van der Waals surface area contributed by atoms with Crippen molar-refractivity contribution in [3.63, 3.8) is 0 Å². The number of rotatable bonds is 20. The minimum atomic E-state index is -0.664. The second-order valence-electron chi connectivity index (χ2n) is 7.41. The summed E-state index contributed by atoms with van der Waals surface area (Å²) >= 11 is 0. The van der Waals surface area contributed by atoms with E-state index >= 15 is 0 Å². The van der Waals surface area contributed by atoms with Crippen LogP contribution in [0.15, 0.2) is 0 Å². The van der Waals surface area contributed by atoms with Gasteiger partial charge in [0.25, 0.3) is 0 Å². The van der Waals surface area contributed by atoms with Gasteiger partial charge in [0, 0.05) is 0 Å². The first-order valence-corrected chi connectivity index (χ1v) is 10.9. The third-order valence-corrected chi connectivity index (χ3v) is 4.82. The predicted octanol–water partition coefficient (Wildman–Crippen LogP) is 5.50. The third-order valence-electron chi connectivity index (χ3n) is 4.82. The van der Waals surface area contributed by atoms with Crippen LogP contribution in [0, 0.1) is 0 Å². The molecule has 0 radical (unpaired) electrons. The van der Waals surface area contributed by atoms with Crippen LogP contribution < -0.4 is 11.1 Å². The molecule has 1 unspecified atom stereocenters. The van der Waals surface area contributed by atoms with Crippen molar-refractivity contribution in [1.29, 1.82) is 0 Å². The van der Waals surface area contributed by atoms with E-state index in [4.69, 9.17) is 10.8 Å². The number of unbranched alkanes of at least 4 members (excludes halogenated alkanes) is 15. The molecule has 0 aliphatic rings. The highest BCUT2D eigenvalue weighted by atomic mass is 16.3. The normalized spacial score (nSPS) is 12.6. The Hall–Kier alpha value is -0.120. The van der Waals surface area contributed by atoms with E-state index in [-0.39, 0.29) is 0 Å². The van der Waals surface area contributed by atoms with E-state index in [1.807, 2.05) is 0 Å². The van der Waals surface area contributed by atoms with Crippen molar-refractivity contribution in [2.24, 2.45) is 5.73 Å². The van der Waals surface area contributed by atoms with Gasteiger partial charge in [0.05, 0.1) is 0 Å². The predicted molar refractivity (Wildman–Crippen MR) is 107 cm³/mol. The highest BCUT2D eigenvalue weighted by Crippen LogP contribution is 2.13. The lowest BCUT2D eigenvalue weighted by Crippen LogP contribution is -2.26. The SMILES string of the molecule is CCCCCCCCCCCCCCCCCCNCCC(N)O. The minimum Gasteiger partial charge on any atom is -0.379 e. The zero-order valence-electron chi connectivity index (χ0n) is 16.5. The number of nitrogens with two attached hydrogens (primary N) is 1. The van der Waals surface area contributed by atoms with Crippen molar-refractivity contribution in [2.75, 3.05) is 13.1 Å². The van der Waals surface area contributed by atoms with Gasteiger partial charge in [0.1, 0.15) is 6.23 Å². The Morgan fingerprint density at radius 3 is 1.38 bits per heavy atom. The molecule has 146 valence electrons. The van der Waals surface area contributed by atoms with Crippen molar-refractivity contribution < 1.29 is 5.11 Å². The fraction of sp³-hybridized carbons (Fsp3) is 1.00. The molecule has 3 heteroatoms. The molecular weight excluding hydrogens is 296 g/mol. The van der Waals surface area contributed by atoms with Crippen LogP contribution in [0.25, 0.3) is 0 Å². The molecule has 0 amide bonds. The van der Waals surface area contributed by atoms with E-state index in [0.29, 0.717) is 6.42 Å². The van der Waals surface area contributed by atoms with E-state index in [2.05, 4.69) is 12.2 Å². The summed E-state index contributed by atoms with van der Waals surface area (Å²) in [6, 6.07) is 0. The Balaban J connectivity index is 2.95. The van der Waals surface area contributed by atoms with E-state index in [1.54, 1.807) is 0 Å². The number of hydrogen-bond acceptors (Lipinski definition) is 3. The molecule has 4 N–H and O–H groups in total. The van der Waals surface area contributed by atoms with Crippen molar-refractivity contribution in [3.05, 3.63) is 0 Å². The van der Waals surface area contributed by atoms with Crippen molar-refractivity contribution in [2.45, 2.75) is 122 Å². The lowest BCUT2D eigenvalue weighted by atomic mass is 10.0. The Labute approximate surface area is 152 Å². The van der Waals surface area contributed by atoms with E-state index < -0.39 is 6.23 Å². The first-order chi connectivity index (χ1) is 11.8. The molecule has 0 aromatic heterocycles. The molecule has 0 saturated carbocycles. The summed E-state index contributed by atoms with van der Waals surface area (Å²) in [7, 11) is 0. The van der Waals surface area contributed by atoms with Gasteiger partial charge in [0.2, 0.25) is 0 Å². The van der Waals surface area contributed by atoms with Crippen LogP contribution in [0.5, 0.6) is 0 Å². The van der Waals surface area contributed by atoms with Gasteiger partial charge in [-0.2, -0.15) is 0 Å². The fourth-order valence-electron chi connectivity index (χ4n) is 3.17. The number of hydrogen-bond donors (Lipinski definition) is 3. The van der Waals surface area contributed by atoms with Crippen LogP contribution in [0.2, 0.25) is 0 Å². The van der Waals surface area contributed by atoms with E-state index in [9.17, 15) is 0 Å². The largest absolute Gasteiger partial charge is 0.379 e. The molecule has 0 spiro atoms. The van der Waals surface area contributed by atoms with Gasteiger partial charge in [0.15, 0.2) is 0 Å². The Morgan fingerprint density at radius 1 is 0.625 bits per heavy atom. The lowest BCUT2D eigenvalue weighted by molar-refractivity contribution is 0.171. The van der Waals surface area contributed by atoms with E-state index in [0.717, 1.165) is 13.1 Å². The molecule has 0 aliphatic heterocycles. The molecule has 0 rings (SSSR count). The Kier molecular flexibility index (Phi) is 20.8. The monoisotopic (exact) mass is 342 g/mol. The summed E-state index contributed by atoms with van der Waals surface area (Å²) in [4.78, 5) is 0. The smallest absolute Gasteiger partial charge is 0.103 e. The second kappa shape index (κ2) is 20.9. The Bertz CT molecular complexity index is 222. The van der Waals surface area contributed by atoms with E-state index in [1.165, 1.54) is 103 Å². The average Bonchev–Trinajstić information content (AvgIpc) is 2.56. The van der Waals surface area contributed by atoms with Gasteiger partial charge in [-0.15, -0.1) is 0 Å². The zero-order valence-corrected chi connectivity index (χ0v) is 16.5. The van der Waals surface area contributed by atoms with Gasteiger partial charge in [-0.25, -0.2) is 0 Å². The quantitative estimate of drug-likeness (QED) is 0.202. The molecule has 0 saturated heterocycles. The summed E-state index contributed by atoms with van der Waals surface area (Å²) in [5.74, 6) is 0. The second-order valence-corrected chi connectivity index (χ2v) is 7.41. The van der Waals surface area contributed by atoms with Crippen LogP contribution in [-0.4, -0.2) is 24.4 Å². The maximum Gasteiger partial charge on any atom is 0.103 e. The standard InChI is InChI=1S/C21H46N2O/c1-2-3-4-5-6-7-8-9-10-11-12-13-14-15-16-17-19-23-20-18-21(22)24/h21,23-24H,2-20,22H2,1H3. The summed E-state index contributed by atoms with van der Waals surface area (Å²) in [6.07, 6.45) is 22.6. The molecule has 0 aliphatic carbocycles. The number of nitrogens with one attached hydrogen (secondary N) is 1. The van der Waals surface area contributed by atoms with Crippen molar-refractivity contribution in [3.8, 4) is 0 Å². The summed E-state index contributed by atoms with van der Waals surface area (Å²) in [5, 5.41) is 12.3. The summed E-state index contributed by atoms with van der Waals surface area (Å²) < 4.78 is 0. The third kappa shape index (κ3) is 21.9.